The zero-order valence-corrected chi connectivity index (χ0v) is 22.9. The van der Waals surface area contributed by atoms with Gasteiger partial charge in [-0.1, -0.05) is 83.3 Å². The van der Waals surface area contributed by atoms with Crippen LogP contribution >= 0.6 is 0 Å². The molecule has 7 nitrogen and oxygen atoms in total. The van der Waals surface area contributed by atoms with Crippen LogP contribution in [0.5, 0.6) is 0 Å². The molecule has 0 aromatic rings. The molecule has 0 aliphatic heterocycles. The van der Waals surface area contributed by atoms with Crippen LogP contribution in [-0.2, 0) is 14.4 Å². The number of carbonyl (C=O) groups excluding carboxylic acids is 1. The molecule has 0 rings (SSSR count). The molecule has 0 radical (unpaired) electrons. The van der Waals surface area contributed by atoms with E-state index in [1.165, 1.54) is 70.6 Å². The predicted octanol–water partition coefficient (Wildman–Crippen LogP) is 5.71. The fourth-order valence-corrected chi connectivity index (χ4v) is 4.71. The number of carboxylic acids is 3. The fourth-order valence-electron chi connectivity index (χ4n) is 4.71. The third-order valence-corrected chi connectivity index (χ3v) is 7.03. The van der Waals surface area contributed by atoms with Crippen molar-refractivity contribution < 1.29 is 34.2 Å². The molecule has 0 amide bonds. The first-order chi connectivity index (χ1) is 17.3. The number of carboxylic acid groups (broad SMARTS) is 3. The summed E-state index contributed by atoms with van der Waals surface area (Å²) in [7, 11) is 0. The van der Waals surface area contributed by atoms with Crippen LogP contribution in [0.3, 0.4) is 0 Å². The molecular weight excluding hydrogens is 458 g/mol. The first-order valence-electron chi connectivity index (χ1n) is 14.4. The van der Waals surface area contributed by atoms with Gasteiger partial charge in [-0.3, -0.25) is 9.59 Å². The van der Waals surface area contributed by atoms with Crippen molar-refractivity contribution in [1.82, 2.24) is 0 Å². The SMILES string of the molecule is CCCCCCCCCC/C=C/CCCCCCCC[N+](CCC(=O)[O-])(CCC(=O)O)CCC(=O)O. The van der Waals surface area contributed by atoms with Crippen molar-refractivity contribution >= 4 is 17.9 Å². The van der Waals surface area contributed by atoms with E-state index >= 15 is 0 Å². The van der Waals surface area contributed by atoms with E-state index in [1.807, 2.05) is 0 Å². The molecule has 0 saturated carbocycles. The molecule has 0 heterocycles. The monoisotopic (exact) mass is 511 g/mol. The summed E-state index contributed by atoms with van der Waals surface area (Å²) in [5.74, 6) is -3.09. The quantitative estimate of drug-likeness (QED) is 0.0829. The summed E-state index contributed by atoms with van der Waals surface area (Å²) in [5, 5.41) is 29.2. The Morgan fingerprint density at radius 1 is 0.583 bits per heavy atom. The van der Waals surface area contributed by atoms with E-state index < -0.39 is 17.9 Å². The van der Waals surface area contributed by atoms with Crippen LogP contribution in [0.15, 0.2) is 12.2 Å². The van der Waals surface area contributed by atoms with Gasteiger partial charge in [0.25, 0.3) is 0 Å². The molecule has 36 heavy (non-hydrogen) atoms. The smallest absolute Gasteiger partial charge is 0.309 e. The maximum atomic E-state index is 11.1. The molecule has 0 fully saturated rings. The Bertz CT molecular complexity index is 559. The van der Waals surface area contributed by atoms with Gasteiger partial charge < -0.3 is 24.6 Å². The number of hydrogen-bond acceptors (Lipinski definition) is 4. The second-order valence-electron chi connectivity index (χ2n) is 10.3. The molecular formula is C29H53NO6. The summed E-state index contributed by atoms with van der Waals surface area (Å²) in [6.07, 6.45) is 23.9. The zero-order valence-electron chi connectivity index (χ0n) is 22.9. The highest BCUT2D eigenvalue weighted by atomic mass is 16.4. The minimum Gasteiger partial charge on any atom is -0.550 e. The van der Waals surface area contributed by atoms with Crippen molar-refractivity contribution in [2.45, 2.75) is 129 Å². The Morgan fingerprint density at radius 2 is 0.972 bits per heavy atom. The number of allylic oxidation sites excluding steroid dienone is 2. The van der Waals surface area contributed by atoms with Crippen LogP contribution in [0.1, 0.15) is 129 Å². The van der Waals surface area contributed by atoms with E-state index in [0.717, 1.165) is 32.1 Å². The first kappa shape index (κ1) is 34.1. The second-order valence-corrected chi connectivity index (χ2v) is 10.3. The summed E-state index contributed by atoms with van der Waals surface area (Å²) < 4.78 is 0.218. The van der Waals surface area contributed by atoms with Crippen LogP contribution in [0.2, 0.25) is 0 Å². The number of carbonyl (C=O) groups is 3. The summed E-state index contributed by atoms with van der Waals surface area (Å²) in [4.78, 5) is 33.2. The lowest BCUT2D eigenvalue weighted by Gasteiger charge is -2.38. The van der Waals surface area contributed by atoms with Gasteiger partial charge in [0.05, 0.1) is 39.0 Å². The lowest BCUT2D eigenvalue weighted by Crippen LogP contribution is -2.53. The standard InChI is InChI=1S/C29H53NO6/c1-2-3-4-5-6-7-8-9-10-11-12-13-14-15-16-17-18-19-23-30(24-20-27(31)32,25-21-28(33)34)26-22-29(35)36/h11-12H,2-10,13-26H2,1H3,(H2-,31,32,33,34,35,36)/b12-11+. The molecule has 0 aromatic heterocycles. The average molecular weight is 512 g/mol. The highest BCUT2D eigenvalue weighted by molar-refractivity contribution is 5.67. The van der Waals surface area contributed by atoms with Gasteiger partial charge in [-0.15, -0.1) is 0 Å². The average Bonchev–Trinajstić information content (AvgIpc) is 2.83. The predicted molar refractivity (Wildman–Crippen MR) is 143 cm³/mol. The number of hydrogen-bond donors (Lipinski definition) is 2. The van der Waals surface area contributed by atoms with Gasteiger partial charge in [0.2, 0.25) is 0 Å². The minimum atomic E-state index is -1.19. The molecule has 0 aromatic carbocycles. The summed E-state index contributed by atoms with van der Waals surface area (Å²) in [5.41, 5.74) is 0. The number of aliphatic carboxylic acids is 3. The molecule has 210 valence electrons. The third kappa shape index (κ3) is 22.6. The van der Waals surface area contributed by atoms with E-state index in [4.69, 9.17) is 10.2 Å². The Balaban J connectivity index is 4.03. The molecule has 0 spiro atoms. The maximum absolute atomic E-state index is 11.1. The van der Waals surface area contributed by atoms with Gasteiger partial charge >= 0.3 is 11.9 Å². The van der Waals surface area contributed by atoms with Crippen LogP contribution < -0.4 is 5.11 Å². The van der Waals surface area contributed by atoms with Crippen LogP contribution in [0.4, 0.5) is 0 Å². The molecule has 7 heteroatoms. The first-order valence-corrected chi connectivity index (χ1v) is 14.4. The van der Waals surface area contributed by atoms with Crippen molar-refractivity contribution in [2.24, 2.45) is 0 Å². The summed E-state index contributed by atoms with van der Waals surface area (Å²) in [6.45, 7) is 3.58. The van der Waals surface area contributed by atoms with Gasteiger partial charge in [-0.25, -0.2) is 0 Å². The number of rotatable bonds is 27. The number of quaternary nitrogens is 1. The van der Waals surface area contributed by atoms with Crippen LogP contribution in [0, 0.1) is 0 Å². The van der Waals surface area contributed by atoms with Crippen molar-refractivity contribution in [3.8, 4) is 0 Å². The van der Waals surface area contributed by atoms with E-state index in [0.29, 0.717) is 6.54 Å². The van der Waals surface area contributed by atoms with Crippen molar-refractivity contribution in [3.05, 3.63) is 12.2 Å². The molecule has 0 aliphatic rings. The molecule has 2 N–H and O–H groups in total. The molecule has 0 bridgehead atoms. The Morgan fingerprint density at radius 3 is 1.39 bits per heavy atom. The normalized spacial score (nSPS) is 11.8. The lowest BCUT2D eigenvalue weighted by molar-refractivity contribution is -0.927. The minimum absolute atomic E-state index is 0.0980. The van der Waals surface area contributed by atoms with Crippen LogP contribution in [0.25, 0.3) is 0 Å². The second kappa shape index (κ2) is 23.5. The summed E-state index contributed by atoms with van der Waals surface area (Å²) in [6, 6.07) is 0. The number of nitrogens with zero attached hydrogens (tertiary/aromatic N) is 1. The highest BCUT2D eigenvalue weighted by Gasteiger charge is 2.28. The van der Waals surface area contributed by atoms with Gasteiger partial charge in [-0.05, 0) is 38.5 Å². The van der Waals surface area contributed by atoms with E-state index in [9.17, 15) is 19.5 Å². The van der Waals surface area contributed by atoms with Crippen molar-refractivity contribution in [1.29, 1.82) is 0 Å². The highest BCUT2D eigenvalue weighted by Crippen LogP contribution is 2.17. The van der Waals surface area contributed by atoms with E-state index in [2.05, 4.69) is 19.1 Å². The van der Waals surface area contributed by atoms with E-state index in [1.54, 1.807) is 0 Å². The van der Waals surface area contributed by atoms with Gasteiger partial charge in [0, 0.05) is 12.4 Å². The Hall–Kier alpha value is -1.89. The topological polar surface area (TPSA) is 115 Å². The van der Waals surface area contributed by atoms with Crippen LogP contribution in [-0.4, -0.2) is 58.8 Å². The zero-order chi connectivity index (χ0) is 26.9. The Labute approximate surface area is 219 Å². The van der Waals surface area contributed by atoms with Gasteiger partial charge in [-0.2, -0.15) is 0 Å². The molecule has 0 atom stereocenters. The largest absolute Gasteiger partial charge is 0.550 e. The van der Waals surface area contributed by atoms with E-state index in [-0.39, 0.29) is 43.4 Å². The number of unbranched alkanes of at least 4 members (excludes halogenated alkanes) is 14. The van der Waals surface area contributed by atoms with Crippen molar-refractivity contribution in [3.63, 3.8) is 0 Å². The summed E-state index contributed by atoms with van der Waals surface area (Å²) >= 11 is 0. The molecule has 0 unspecified atom stereocenters. The lowest BCUT2D eigenvalue weighted by atomic mass is 10.1. The Kier molecular flexibility index (Phi) is 22.3. The maximum Gasteiger partial charge on any atom is 0.309 e. The van der Waals surface area contributed by atoms with Gasteiger partial charge in [0.1, 0.15) is 0 Å². The third-order valence-electron chi connectivity index (χ3n) is 7.03. The molecule has 0 saturated heterocycles. The van der Waals surface area contributed by atoms with Crippen molar-refractivity contribution in [2.75, 3.05) is 26.2 Å². The van der Waals surface area contributed by atoms with Gasteiger partial charge in [0.15, 0.2) is 0 Å². The molecule has 0 aliphatic carbocycles. The fraction of sp³-hybridized carbons (Fsp3) is 0.828.